The molecule has 1 fully saturated rings. The highest BCUT2D eigenvalue weighted by molar-refractivity contribution is 7.82. The van der Waals surface area contributed by atoms with Crippen LogP contribution < -0.4 is 9.80 Å². The molecular weight excluding hydrogens is 328 g/mol. The van der Waals surface area contributed by atoms with Gasteiger partial charge >= 0.3 is 12.0 Å². The second kappa shape index (κ2) is 6.21. The van der Waals surface area contributed by atoms with Crippen LogP contribution in [0, 0.1) is 0 Å². The van der Waals surface area contributed by atoms with Gasteiger partial charge in [-0.15, -0.1) is 0 Å². The summed E-state index contributed by atoms with van der Waals surface area (Å²) in [6, 6.07) is 14.2. The Morgan fingerprint density at radius 3 is 2.25 bits per heavy atom. The molecule has 1 aliphatic heterocycles. The zero-order valence-corrected chi connectivity index (χ0v) is 13.4. The van der Waals surface area contributed by atoms with Crippen LogP contribution in [0.1, 0.15) is 10.4 Å². The Balaban J connectivity index is 2.08. The maximum Gasteiger partial charge on any atom is 0.341 e. The summed E-state index contributed by atoms with van der Waals surface area (Å²) in [7, 11) is 1.24. The standard InChI is InChI=1S/C17H12N2O4S/c1-23-16(21)12-9-5-6-10-13(12)19-15(24)14(20)18(17(19)22)11-7-3-2-4-8-11/h2-10H,1H3. The lowest BCUT2D eigenvalue weighted by Crippen LogP contribution is -2.34. The van der Waals surface area contributed by atoms with Crippen LogP contribution in [0.3, 0.4) is 0 Å². The summed E-state index contributed by atoms with van der Waals surface area (Å²) in [6.45, 7) is 0. The Kier molecular flexibility index (Phi) is 4.09. The number of para-hydroxylation sites is 2. The van der Waals surface area contributed by atoms with E-state index < -0.39 is 17.9 Å². The Morgan fingerprint density at radius 2 is 1.58 bits per heavy atom. The van der Waals surface area contributed by atoms with Gasteiger partial charge in [0.1, 0.15) is 0 Å². The minimum absolute atomic E-state index is 0.151. The van der Waals surface area contributed by atoms with E-state index in [-0.39, 0.29) is 16.2 Å². The highest BCUT2D eigenvalue weighted by Gasteiger charge is 2.44. The maximum atomic E-state index is 12.8. The number of urea groups is 1. The number of ether oxygens (including phenoxy) is 1. The van der Waals surface area contributed by atoms with Crippen molar-refractivity contribution < 1.29 is 19.1 Å². The zero-order valence-electron chi connectivity index (χ0n) is 12.6. The molecule has 6 nitrogen and oxygen atoms in total. The fourth-order valence-corrected chi connectivity index (χ4v) is 2.70. The first-order valence-electron chi connectivity index (χ1n) is 7.01. The number of hydrogen-bond acceptors (Lipinski definition) is 5. The van der Waals surface area contributed by atoms with Crippen LogP contribution in [0.15, 0.2) is 54.6 Å². The highest BCUT2D eigenvalue weighted by Crippen LogP contribution is 2.30. The van der Waals surface area contributed by atoms with E-state index in [0.29, 0.717) is 5.69 Å². The number of amides is 3. The van der Waals surface area contributed by atoms with E-state index in [2.05, 4.69) is 0 Å². The number of carbonyl (C=O) groups excluding carboxylic acids is 3. The van der Waals surface area contributed by atoms with Crippen molar-refractivity contribution in [3.63, 3.8) is 0 Å². The maximum absolute atomic E-state index is 12.8. The number of anilines is 2. The van der Waals surface area contributed by atoms with Crippen LogP contribution in [0.5, 0.6) is 0 Å². The number of carbonyl (C=O) groups is 3. The van der Waals surface area contributed by atoms with E-state index in [1.54, 1.807) is 42.5 Å². The van der Waals surface area contributed by atoms with E-state index in [4.69, 9.17) is 17.0 Å². The largest absolute Gasteiger partial charge is 0.465 e. The molecule has 3 amide bonds. The zero-order chi connectivity index (χ0) is 17.3. The Morgan fingerprint density at radius 1 is 0.958 bits per heavy atom. The number of thiocarbonyl (C=S) groups is 1. The number of rotatable bonds is 3. The molecule has 0 bridgehead atoms. The van der Waals surface area contributed by atoms with Crippen LogP contribution in [-0.2, 0) is 9.53 Å². The molecule has 3 rings (SSSR count). The van der Waals surface area contributed by atoms with Gasteiger partial charge in [-0.2, -0.15) is 0 Å². The normalized spacial score (nSPS) is 14.3. The summed E-state index contributed by atoms with van der Waals surface area (Å²) in [6.07, 6.45) is 0. The Labute approximate surface area is 143 Å². The Bertz CT molecular complexity index is 851. The summed E-state index contributed by atoms with van der Waals surface area (Å²) >= 11 is 5.14. The molecule has 1 aliphatic rings. The minimum Gasteiger partial charge on any atom is -0.465 e. The molecule has 0 atom stereocenters. The van der Waals surface area contributed by atoms with Crippen molar-refractivity contribution in [2.24, 2.45) is 0 Å². The van der Waals surface area contributed by atoms with Crippen molar-refractivity contribution in [2.45, 2.75) is 0 Å². The van der Waals surface area contributed by atoms with Gasteiger partial charge in [-0.3, -0.25) is 4.79 Å². The predicted octanol–water partition coefficient (Wildman–Crippen LogP) is 2.77. The monoisotopic (exact) mass is 340 g/mol. The molecule has 2 aromatic rings. The molecule has 0 saturated carbocycles. The molecule has 1 saturated heterocycles. The SMILES string of the molecule is COC(=O)c1ccccc1N1C(=O)N(c2ccccc2)C(=O)C1=S. The summed E-state index contributed by atoms with van der Waals surface area (Å²) < 4.78 is 4.73. The molecule has 7 heteroatoms. The van der Waals surface area contributed by atoms with Crippen molar-refractivity contribution in [1.82, 2.24) is 0 Å². The molecule has 0 N–H and O–H groups in total. The van der Waals surface area contributed by atoms with E-state index in [0.717, 1.165) is 9.80 Å². The van der Waals surface area contributed by atoms with E-state index in [1.807, 2.05) is 0 Å². The molecule has 1 heterocycles. The fourth-order valence-electron chi connectivity index (χ4n) is 2.43. The average Bonchev–Trinajstić information content (AvgIpc) is 2.84. The smallest absolute Gasteiger partial charge is 0.341 e. The van der Waals surface area contributed by atoms with Gasteiger partial charge in [0.15, 0.2) is 4.99 Å². The molecule has 0 radical (unpaired) electrons. The summed E-state index contributed by atoms with van der Waals surface area (Å²) in [5.41, 5.74) is 0.775. The van der Waals surface area contributed by atoms with Crippen LogP contribution in [0.2, 0.25) is 0 Å². The second-order valence-corrected chi connectivity index (χ2v) is 5.29. The average molecular weight is 340 g/mol. The van der Waals surface area contributed by atoms with Gasteiger partial charge in [-0.25, -0.2) is 19.4 Å². The molecule has 0 aromatic heterocycles. The number of methoxy groups -OCH3 is 1. The first-order chi connectivity index (χ1) is 11.6. The van der Waals surface area contributed by atoms with Gasteiger partial charge in [0.25, 0.3) is 5.91 Å². The molecule has 2 aromatic carbocycles. The first-order valence-corrected chi connectivity index (χ1v) is 7.42. The van der Waals surface area contributed by atoms with Crippen molar-refractivity contribution in [2.75, 3.05) is 16.9 Å². The second-order valence-electron chi connectivity index (χ2n) is 4.91. The van der Waals surface area contributed by atoms with Crippen molar-refractivity contribution in [3.8, 4) is 0 Å². The molecule has 24 heavy (non-hydrogen) atoms. The van der Waals surface area contributed by atoms with Gasteiger partial charge in [-0.05, 0) is 24.3 Å². The third-order valence-corrected chi connectivity index (χ3v) is 3.89. The van der Waals surface area contributed by atoms with Gasteiger partial charge in [-0.1, -0.05) is 42.5 Å². The van der Waals surface area contributed by atoms with Gasteiger partial charge < -0.3 is 4.74 Å². The van der Waals surface area contributed by atoms with Crippen LogP contribution in [0.4, 0.5) is 16.2 Å². The number of benzene rings is 2. The number of hydrogen-bond donors (Lipinski definition) is 0. The third kappa shape index (κ3) is 2.44. The van der Waals surface area contributed by atoms with Gasteiger partial charge in [0, 0.05) is 0 Å². The van der Waals surface area contributed by atoms with Crippen LogP contribution in [-0.4, -0.2) is 30.0 Å². The van der Waals surface area contributed by atoms with Crippen molar-refractivity contribution in [3.05, 3.63) is 60.2 Å². The molecule has 0 unspecified atom stereocenters. The molecule has 0 aliphatic carbocycles. The first kappa shape index (κ1) is 15.8. The number of esters is 1. The topological polar surface area (TPSA) is 66.9 Å². The van der Waals surface area contributed by atoms with E-state index >= 15 is 0 Å². The van der Waals surface area contributed by atoms with Crippen molar-refractivity contribution in [1.29, 1.82) is 0 Å². The lowest BCUT2D eigenvalue weighted by atomic mass is 10.1. The summed E-state index contributed by atoms with van der Waals surface area (Å²) in [4.78, 5) is 39.0. The highest BCUT2D eigenvalue weighted by atomic mass is 32.1. The van der Waals surface area contributed by atoms with E-state index in [9.17, 15) is 14.4 Å². The van der Waals surface area contributed by atoms with Gasteiger partial charge in [0.2, 0.25) is 0 Å². The molecule has 0 spiro atoms. The lowest BCUT2D eigenvalue weighted by Gasteiger charge is -2.18. The molecule has 120 valence electrons. The quantitative estimate of drug-likeness (QED) is 0.488. The summed E-state index contributed by atoms with van der Waals surface area (Å²) in [5, 5.41) is 0. The third-order valence-electron chi connectivity index (χ3n) is 3.54. The number of imide groups is 1. The Hall–Kier alpha value is -3.06. The van der Waals surface area contributed by atoms with E-state index in [1.165, 1.54) is 19.2 Å². The van der Waals surface area contributed by atoms with Crippen LogP contribution in [0.25, 0.3) is 0 Å². The minimum atomic E-state index is -0.632. The van der Waals surface area contributed by atoms with Crippen molar-refractivity contribution >= 4 is 46.5 Å². The lowest BCUT2D eigenvalue weighted by molar-refractivity contribution is -0.111. The fraction of sp³-hybridized carbons (Fsp3) is 0.0588. The number of nitrogens with zero attached hydrogens (tertiary/aromatic N) is 2. The summed E-state index contributed by atoms with van der Waals surface area (Å²) in [5.74, 6) is -1.23. The van der Waals surface area contributed by atoms with Crippen LogP contribution >= 0.6 is 12.2 Å². The predicted molar refractivity (Wildman–Crippen MR) is 92.2 cm³/mol. The molecular formula is C17H12N2O4S. The van der Waals surface area contributed by atoms with Gasteiger partial charge in [0.05, 0.1) is 24.0 Å².